The molecule has 2 aliphatic heterocycles. The molecular weight excluding hydrogens is 308 g/mol. The van der Waals surface area contributed by atoms with Crippen molar-refractivity contribution < 1.29 is 4.74 Å². The Hall–Kier alpha value is -2.00. The lowest BCUT2D eigenvalue weighted by Gasteiger charge is -2.37. The van der Waals surface area contributed by atoms with Crippen molar-refractivity contribution in [2.24, 2.45) is 0 Å². The summed E-state index contributed by atoms with van der Waals surface area (Å²) in [6.07, 6.45) is 5.74. The summed E-state index contributed by atoms with van der Waals surface area (Å²) in [5, 5.41) is 0. The highest BCUT2D eigenvalue weighted by molar-refractivity contribution is 5.79. The van der Waals surface area contributed by atoms with Gasteiger partial charge in [0.1, 0.15) is 0 Å². The topological polar surface area (TPSA) is 15.7 Å². The molecule has 2 aliphatic rings. The molecule has 134 valence electrons. The summed E-state index contributed by atoms with van der Waals surface area (Å²) < 4.78 is 5.64. The molecule has 0 radical (unpaired) electrons. The van der Waals surface area contributed by atoms with Crippen LogP contribution >= 0.6 is 0 Å². The van der Waals surface area contributed by atoms with Crippen molar-refractivity contribution in [3.05, 3.63) is 59.4 Å². The van der Waals surface area contributed by atoms with Crippen LogP contribution in [-0.4, -0.2) is 49.2 Å². The maximum atomic E-state index is 5.64. The minimum Gasteiger partial charge on any atom is -0.380 e. The van der Waals surface area contributed by atoms with Gasteiger partial charge in [0.15, 0.2) is 0 Å². The molecule has 1 fully saturated rings. The zero-order valence-corrected chi connectivity index (χ0v) is 16.0. The average Bonchev–Trinajstić information content (AvgIpc) is 2.86. The minimum absolute atomic E-state index is 0.381. The fraction of sp³-hybridized carbons (Fsp3) is 0.455. The van der Waals surface area contributed by atoms with Crippen molar-refractivity contribution in [1.29, 1.82) is 0 Å². The molecule has 0 spiro atoms. The predicted octanol–water partition coefficient (Wildman–Crippen LogP) is 4.31. The lowest BCUT2D eigenvalue weighted by Crippen LogP contribution is -2.39. The Morgan fingerprint density at radius 2 is 2.04 bits per heavy atom. The molecule has 3 heteroatoms. The van der Waals surface area contributed by atoms with E-state index < -0.39 is 0 Å². The van der Waals surface area contributed by atoms with Crippen LogP contribution in [0.15, 0.2) is 42.8 Å². The largest absolute Gasteiger partial charge is 0.380 e. The van der Waals surface area contributed by atoms with Gasteiger partial charge in [-0.1, -0.05) is 24.3 Å². The highest BCUT2D eigenvalue weighted by Gasteiger charge is 2.24. The summed E-state index contributed by atoms with van der Waals surface area (Å²) in [4.78, 5) is 4.82. The molecule has 0 saturated carbocycles. The number of likely N-dealkylation sites (N-methyl/N-ethyl adjacent to an activating group) is 1. The fourth-order valence-corrected chi connectivity index (χ4v) is 3.56. The highest BCUT2D eigenvalue weighted by Crippen LogP contribution is 2.31. The van der Waals surface area contributed by atoms with Crippen molar-refractivity contribution in [3.63, 3.8) is 0 Å². The van der Waals surface area contributed by atoms with Gasteiger partial charge in [0.2, 0.25) is 0 Å². The Labute approximate surface area is 152 Å². The van der Waals surface area contributed by atoms with Gasteiger partial charge in [-0.2, -0.15) is 0 Å². The van der Waals surface area contributed by atoms with E-state index in [-0.39, 0.29) is 0 Å². The van der Waals surface area contributed by atoms with Crippen molar-refractivity contribution >= 4 is 11.1 Å². The van der Waals surface area contributed by atoms with Crippen LogP contribution in [0.1, 0.15) is 37.0 Å². The van der Waals surface area contributed by atoms with E-state index in [1.807, 2.05) is 0 Å². The molecule has 0 N–H and O–H groups in total. The SMILES string of the molecule is C=C(C)c1ccc(C)c(C2=CN(C)C(C)C(N3CCCOCC3)=C2)c1. The molecule has 1 atom stereocenters. The minimum atomic E-state index is 0.381. The van der Waals surface area contributed by atoms with Crippen LogP contribution in [0.25, 0.3) is 11.1 Å². The Morgan fingerprint density at radius 3 is 2.80 bits per heavy atom. The van der Waals surface area contributed by atoms with E-state index in [0.717, 1.165) is 38.3 Å². The van der Waals surface area contributed by atoms with Gasteiger partial charge >= 0.3 is 0 Å². The lowest BCUT2D eigenvalue weighted by atomic mass is 9.93. The number of allylic oxidation sites excluding steroid dienone is 3. The zero-order chi connectivity index (χ0) is 18.0. The van der Waals surface area contributed by atoms with Crippen molar-refractivity contribution in [2.75, 3.05) is 33.4 Å². The van der Waals surface area contributed by atoms with Gasteiger partial charge < -0.3 is 14.5 Å². The second-order valence-corrected chi connectivity index (χ2v) is 7.26. The zero-order valence-electron chi connectivity index (χ0n) is 16.0. The summed E-state index contributed by atoms with van der Waals surface area (Å²) >= 11 is 0. The first-order valence-corrected chi connectivity index (χ1v) is 9.22. The van der Waals surface area contributed by atoms with Gasteiger partial charge in [0.05, 0.1) is 12.6 Å². The maximum Gasteiger partial charge on any atom is 0.0654 e. The molecule has 1 aromatic carbocycles. The predicted molar refractivity (Wildman–Crippen MR) is 106 cm³/mol. The van der Waals surface area contributed by atoms with Gasteiger partial charge in [-0.3, -0.25) is 0 Å². The highest BCUT2D eigenvalue weighted by atomic mass is 16.5. The van der Waals surface area contributed by atoms with Crippen LogP contribution in [0.2, 0.25) is 0 Å². The van der Waals surface area contributed by atoms with Crippen molar-refractivity contribution in [2.45, 2.75) is 33.2 Å². The van der Waals surface area contributed by atoms with Gasteiger partial charge in [-0.05, 0) is 61.6 Å². The molecule has 0 bridgehead atoms. The van der Waals surface area contributed by atoms with E-state index in [2.05, 4.69) is 74.7 Å². The summed E-state index contributed by atoms with van der Waals surface area (Å²) in [6, 6.07) is 7.01. The normalized spacial score (nSPS) is 21.5. The molecule has 3 nitrogen and oxygen atoms in total. The van der Waals surface area contributed by atoms with E-state index in [9.17, 15) is 0 Å². The first kappa shape index (κ1) is 17.8. The van der Waals surface area contributed by atoms with Gasteiger partial charge in [0.25, 0.3) is 0 Å². The number of hydrogen-bond donors (Lipinski definition) is 0. The van der Waals surface area contributed by atoms with Gasteiger partial charge in [0, 0.05) is 38.6 Å². The second kappa shape index (κ2) is 7.49. The average molecular weight is 338 g/mol. The second-order valence-electron chi connectivity index (χ2n) is 7.26. The third kappa shape index (κ3) is 3.82. The molecule has 1 saturated heterocycles. The molecule has 3 rings (SSSR count). The van der Waals surface area contributed by atoms with E-state index in [1.54, 1.807) is 0 Å². The van der Waals surface area contributed by atoms with E-state index in [4.69, 9.17) is 4.74 Å². The van der Waals surface area contributed by atoms with E-state index >= 15 is 0 Å². The smallest absolute Gasteiger partial charge is 0.0654 e. The number of nitrogens with zero attached hydrogens (tertiary/aromatic N) is 2. The monoisotopic (exact) mass is 338 g/mol. The van der Waals surface area contributed by atoms with Crippen LogP contribution in [-0.2, 0) is 4.74 Å². The number of benzene rings is 1. The summed E-state index contributed by atoms with van der Waals surface area (Å²) in [6.45, 7) is 14.4. The molecule has 0 amide bonds. The van der Waals surface area contributed by atoms with Crippen LogP contribution in [0.5, 0.6) is 0 Å². The maximum absolute atomic E-state index is 5.64. The molecule has 0 aromatic heterocycles. The lowest BCUT2D eigenvalue weighted by molar-refractivity contribution is 0.143. The molecule has 0 aliphatic carbocycles. The molecular formula is C22H30N2O. The summed E-state index contributed by atoms with van der Waals surface area (Å²) in [5.74, 6) is 0. The third-order valence-corrected chi connectivity index (χ3v) is 5.31. The third-order valence-electron chi connectivity index (χ3n) is 5.31. The Morgan fingerprint density at radius 1 is 1.24 bits per heavy atom. The molecule has 2 heterocycles. The van der Waals surface area contributed by atoms with Crippen LogP contribution in [0.4, 0.5) is 0 Å². The standard InChI is InChI=1S/C22H30N2O/c1-16(2)19-8-7-17(3)21(13-19)20-14-22(18(4)23(5)15-20)24-9-6-11-25-12-10-24/h7-8,13-15,18H,1,6,9-12H2,2-5H3. The fourth-order valence-electron chi connectivity index (χ4n) is 3.56. The number of rotatable bonds is 3. The first-order chi connectivity index (χ1) is 12.0. The number of ether oxygens (including phenoxy) is 1. The summed E-state index contributed by atoms with van der Waals surface area (Å²) in [7, 11) is 2.17. The van der Waals surface area contributed by atoms with Crippen LogP contribution in [0.3, 0.4) is 0 Å². The van der Waals surface area contributed by atoms with Crippen LogP contribution in [0, 0.1) is 6.92 Å². The number of hydrogen-bond acceptors (Lipinski definition) is 3. The van der Waals surface area contributed by atoms with E-state index in [0.29, 0.717) is 6.04 Å². The van der Waals surface area contributed by atoms with Crippen LogP contribution < -0.4 is 0 Å². The molecule has 1 unspecified atom stereocenters. The first-order valence-electron chi connectivity index (χ1n) is 9.22. The quantitative estimate of drug-likeness (QED) is 0.817. The van der Waals surface area contributed by atoms with Gasteiger partial charge in [-0.15, -0.1) is 0 Å². The van der Waals surface area contributed by atoms with E-state index in [1.165, 1.54) is 28.0 Å². The Balaban J connectivity index is 1.99. The van der Waals surface area contributed by atoms with Gasteiger partial charge in [-0.25, -0.2) is 0 Å². The summed E-state index contributed by atoms with van der Waals surface area (Å²) in [5.41, 5.74) is 7.58. The Kier molecular flexibility index (Phi) is 5.33. The van der Waals surface area contributed by atoms with Crippen molar-refractivity contribution in [3.8, 4) is 0 Å². The Bertz CT molecular complexity index is 709. The molecule has 25 heavy (non-hydrogen) atoms. The molecule has 1 aromatic rings. The van der Waals surface area contributed by atoms with Crippen molar-refractivity contribution in [1.82, 2.24) is 9.80 Å². The number of aryl methyl sites for hydroxylation is 1.